The maximum Gasteiger partial charge on any atom is 0.252 e. The molecule has 1 aliphatic rings. The molecule has 2 heterocycles. The minimum atomic E-state index is -1.44. The second-order valence-electron chi connectivity index (χ2n) is 11.7. The first kappa shape index (κ1) is 30.7. The molecule has 4 rings (SSSR count). The first-order valence-corrected chi connectivity index (χ1v) is 13.6. The second-order valence-corrected chi connectivity index (χ2v) is 11.7. The van der Waals surface area contributed by atoms with E-state index in [1.807, 2.05) is 25.7 Å². The molecule has 0 unspecified atom stereocenters. The van der Waals surface area contributed by atoms with Crippen molar-refractivity contribution in [3.05, 3.63) is 77.5 Å². The number of nitrogens with two attached hydrogens (primary N) is 1. The van der Waals surface area contributed by atoms with E-state index in [4.69, 9.17) is 10.7 Å². The lowest BCUT2D eigenvalue weighted by Crippen LogP contribution is -2.54. The molecule has 0 spiro atoms. The number of nitrogens with zero attached hydrogens (tertiary/aromatic N) is 4. The quantitative estimate of drug-likeness (QED) is 0.372. The normalized spacial score (nSPS) is 19.4. The van der Waals surface area contributed by atoms with Crippen molar-refractivity contribution in [3.8, 4) is 11.3 Å². The number of carbonyl (C=O) groups excluding carboxylic acids is 1. The van der Waals surface area contributed by atoms with Gasteiger partial charge in [0.05, 0.1) is 17.8 Å². The lowest BCUT2D eigenvalue weighted by molar-refractivity contribution is -0.149. The molecule has 0 bridgehead atoms. The fraction of sp³-hybridized carbons (Fsp3) is 0.467. The first-order valence-electron chi connectivity index (χ1n) is 13.6. The zero-order valence-electron chi connectivity index (χ0n) is 23.7. The molecule has 4 atom stereocenters. The summed E-state index contributed by atoms with van der Waals surface area (Å²) in [4.78, 5) is 21.5. The van der Waals surface area contributed by atoms with Crippen LogP contribution in [0.4, 0.5) is 17.6 Å². The number of rotatable bonds is 9. The van der Waals surface area contributed by atoms with Crippen LogP contribution in [0.25, 0.3) is 11.3 Å². The molecule has 222 valence electrons. The Kier molecular flexibility index (Phi) is 9.20. The van der Waals surface area contributed by atoms with Gasteiger partial charge in [0.15, 0.2) is 0 Å². The van der Waals surface area contributed by atoms with Gasteiger partial charge in [-0.25, -0.2) is 22.5 Å². The number of aromatic nitrogens is 2. The number of imidazole rings is 1. The standard InChI is InChI=1S/C30H37F4N5O2/c1-18(40)29(41)39(26-17-37(11-10-35)15-24(26)34)27(30(2,3)4)28-36-25(22-13-21(32)8-9-23(22)33)16-38(28)14-19-6-5-7-20(31)12-19/h5-9,12-13,16,18,24,26-27,40H,10-11,14-15,17,35H2,1-4H3/t18-,24-,26+,27-/m0/s1. The van der Waals surface area contributed by atoms with Crippen molar-refractivity contribution in [3.63, 3.8) is 0 Å². The van der Waals surface area contributed by atoms with Crippen molar-refractivity contribution in [2.45, 2.75) is 58.6 Å². The van der Waals surface area contributed by atoms with E-state index in [9.17, 15) is 23.1 Å². The molecule has 1 aliphatic heterocycles. The van der Waals surface area contributed by atoms with Crippen molar-refractivity contribution in [1.82, 2.24) is 19.4 Å². The van der Waals surface area contributed by atoms with Crippen LogP contribution in [0.5, 0.6) is 0 Å². The van der Waals surface area contributed by atoms with Crippen LogP contribution < -0.4 is 5.73 Å². The number of aliphatic hydroxyl groups is 1. The predicted octanol–water partition coefficient (Wildman–Crippen LogP) is 4.29. The number of aliphatic hydroxyl groups excluding tert-OH is 1. The first-order chi connectivity index (χ1) is 19.3. The van der Waals surface area contributed by atoms with Crippen LogP contribution in [-0.2, 0) is 11.3 Å². The van der Waals surface area contributed by atoms with Gasteiger partial charge in [0.1, 0.15) is 35.6 Å². The largest absolute Gasteiger partial charge is 0.384 e. The fourth-order valence-corrected chi connectivity index (χ4v) is 5.51. The van der Waals surface area contributed by atoms with E-state index in [1.165, 1.54) is 30.2 Å². The number of carbonyl (C=O) groups is 1. The number of amides is 1. The van der Waals surface area contributed by atoms with Gasteiger partial charge in [-0.15, -0.1) is 0 Å². The third-order valence-electron chi connectivity index (χ3n) is 7.31. The van der Waals surface area contributed by atoms with Crippen LogP contribution in [0, 0.1) is 22.9 Å². The van der Waals surface area contributed by atoms with Gasteiger partial charge in [0.25, 0.3) is 5.91 Å². The molecule has 3 aromatic rings. The number of hydrogen-bond donors (Lipinski definition) is 2. The van der Waals surface area contributed by atoms with Gasteiger partial charge in [0.2, 0.25) is 0 Å². The highest BCUT2D eigenvalue weighted by molar-refractivity contribution is 5.81. The third kappa shape index (κ3) is 6.79. The van der Waals surface area contributed by atoms with Crippen LogP contribution in [0.2, 0.25) is 0 Å². The summed E-state index contributed by atoms with van der Waals surface area (Å²) in [7, 11) is 0. The third-order valence-corrected chi connectivity index (χ3v) is 7.31. The predicted molar refractivity (Wildman–Crippen MR) is 148 cm³/mol. The molecule has 1 saturated heterocycles. The summed E-state index contributed by atoms with van der Waals surface area (Å²) < 4.78 is 60.4. The number of benzene rings is 2. The average Bonchev–Trinajstić information content (AvgIpc) is 3.45. The summed E-state index contributed by atoms with van der Waals surface area (Å²) in [5.74, 6) is -2.24. The Hall–Kier alpha value is -3.28. The van der Waals surface area contributed by atoms with E-state index in [1.54, 1.807) is 16.7 Å². The Labute approximate surface area is 237 Å². The van der Waals surface area contributed by atoms with Crippen LogP contribution in [0.15, 0.2) is 48.7 Å². The van der Waals surface area contributed by atoms with E-state index < -0.39 is 53.1 Å². The van der Waals surface area contributed by atoms with Gasteiger partial charge >= 0.3 is 0 Å². The number of hydrogen-bond acceptors (Lipinski definition) is 5. The van der Waals surface area contributed by atoms with Crippen molar-refractivity contribution in [1.29, 1.82) is 0 Å². The number of halogens is 4. The molecule has 2 aromatic carbocycles. The summed E-state index contributed by atoms with van der Waals surface area (Å²) >= 11 is 0. The van der Waals surface area contributed by atoms with Crippen LogP contribution in [0.1, 0.15) is 45.1 Å². The summed E-state index contributed by atoms with van der Waals surface area (Å²) in [6.45, 7) is 7.97. The molecular formula is C30H37F4N5O2. The van der Waals surface area contributed by atoms with Crippen LogP contribution in [0.3, 0.4) is 0 Å². The van der Waals surface area contributed by atoms with Crippen molar-refractivity contribution in [2.24, 2.45) is 11.1 Å². The zero-order valence-corrected chi connectivity index (χ0v) is 23.7. The molecule has 0 saturated carbocycles. The zero-order chi connectivity index (χ0) is 30.1. The van der Waals surface area contributed by atoms with Crippen molar-refractivity contribution in [2.75, 3.05) is 26.2 Å². The summed E-state index contributed by atoms with van der Waals surface area (Å²) in [5.41, 5.74) is 5.50. The highest BCUT2D eigenvalue weighted by atomic mass is 19.1. The summed E-state index contributed by atoms with van der Waals surface area (Å²) in [6.07, 6.45) is -1.35. The van der Waals surface area contributed by atoms with E-state index in [0.717, 1.165) is 18.2 Å². The Morgan fingerprint density at radius 3 is 2.49 bits per heavy atom. The van der Waals surface area contributed by atoms with Crippen LogP contribution in [-0.4, -0.2) is 74.9 Å². The molecule has 3 N–H and O–H groups in total. The Bertz CT molecular complexity index is 1370. The second kappa shape index (κ2) is 12.3. The van der Waals surface area contributed by atoms with E-state index in [0.29, 0.717) is 18.7 Å². The lowest BCUT2D eigenvalue weighted by Gasteiger charge is -2.44. The number of likely N-dealkylation sites (tertiary alicyclic amines) is 1. The fourth-order valence-electron chi connectivity index (χ4n) is 5.51. The smallest absolute Gasteiger partial charge is 0.252 e. The molecule has 0 aliphatic carbocycles. The molecule has 1 aromatic heterocycles. The SMILES string of the molecule is C[C@H](O)C(=O)N([C@@H]1CN(CCN)C[C@@H]1F)[C@@H](c1nc(-c2cc(F)ccc2F)cn1Cc1cccc(F)c1)C(C)(C)C. The van der Waals surface area contributed by atoms with Gasteiger partial charge in [-0.2, -0.15) is 0 Å². The van der Waals surface area contributed by atoms with E-state index in [2.05, 4.69) is 0 Å². The summed E-state index contributed by atoms with van der Waals surface area (Å²) in [6, 6.07) is 7.09. The maximum atomic E-state index is 15.6. The van der Waals surface area contributed by atoms with Crippen molar-refractivity contribution < 1.29 is 27.5 Å². The molecule has 11 heteroatoms. The highest BCUT2D eigenvalue weighted by Gasteiger charge is 2.48. The minimum absolute atomic E-state index is 0.0693. The molecular weight excluding hydrogens is 538 g/mol. The van der Waals surface area contributed by atoms with Gasteiger partial charge in [-0.1, -0.05) is 32.9 Å². The van der Waals surface area contributed by atoms with Crippen LogP contribution >= 0.6 is 0 Å². The van der Waals surface area contributed by atoms with Gasteiger partial charge in [-0.3, -0.25) is 9.69 Å². The molecule has 1 amide bonds. The Morgan fingerprint density at radius 2 is 1.85 bits per heavy atom. The van der Waals surface area contributed by atoms with E-state index >= 15 is 4.39 Å². The maximum absolute atomic E-state index is 15.6. The van der Waals surface area contributed by atoms with Gasteiger partial charge < -0.3 is 20.3 Å². The molecule has 0 radical (unpaired) electrons. The topological polar surface area (TPSA) is 87.6 Å². The monoisotopic (exact) mass is 575 g/mol. The molecule has 41 heavy (non-hydrogen) atoms. The molecule has 1 fully saturated rings. The van der Waals surface area contributed by atoms with E-state index in [-0.39, 0.29) is 36.7 Å². The van der Waals surface area contributed by atoms with Gasteiger partial charge in [0, 0.05) is 44.5 Å². The Balaban J connectivity index is 1.92. The highest BCUT2D eigenvalue weighted by Crippen LogP contribution is 2.42. The van der Waals surface area contributed by atoms with Gasteiger partial charge in [-0.05, 0) is 48.2 Å². The average molecular weight is 576 g/mol. The number of alkyl halides is 1. The summed E-state index contributed by atoms with van der Waals surface area (Å²) in [5, 5.41) is 10.4. The lowest BCUT2D eigenvalue weighted by atomic mass is 9.83. The molecule has 7 nitrogen and oxygen atoms in total. The minimum Gasteiger partial charge on any atom is -0.384 e. The Morgan fingerprint density at radius 1 is 1.15 bits per heavy atom. The van der Waals surface area contributed by atoms with Crippen molar-refractivity contribution >= 4 is 5.91 Å².